The second kappa shape index (κ2) is 7.56. The summed E-state index contributed by atoms with van der Waals surface area (Å²) in [6.45, 7) is 2.89. The van der Waals surface area contributed by atoms with E-state index in [1.165, 1.54) is 48.9 Å². The van der Waals surface area contributed by atoms with E-state index in [1.54, 1.807) is 0 Å². The van der Waals surface area contributed by atoms with E-state index < -0.39 is 0 Å². The molecule has 5 rings (SSSR count). The normalized spacial score (nSPS) is 23.5. The van der Waals surface area contributed by atoms with Gasteiger partial charge in [-0.15, -0.1) is 0 Å². The van der Waals surface area contributed by atoms with Crippen molar-refractivity contribution in [3.05, 3.63) is 71.0 Å². The third-order valence-electron chi connectivity index (χ3n) is 7.39. The van der Waals surface area contributed by atoms with Gasteiger partial charge in [0.15, 0.2) is 0 Å². The van der Waals surface area contributed by atoms with Crippen molar-refractivity contribution in [1.29, 1.82) is 0 Å². The Balaban J connectivity index is 1.43. The lowest BCUT2D eigenvalue weighted by Crippen LogP contribution is -2.42. The van der Waals surface area contributed by atoms with E-state index in [-0.39, 0.29) is 23.2 Å². The first-order chi connectivity index (χ1) is 14.2. The standard InChI is InChI=1S/C25H29FN2O/c26-21-7-5-19(6-8-21)24-22-4-2-1-3-18(22)11-16-28(24)23(29)17-25(12-13-25)20-9-14-27-15-10-20/h1-8,20,24,27H,9-17H2/t24-/m0/s1. The maximum Gasteiger partial charge on any atom is 0.223 e. The van der Waals surface area contributed by atoms with Crippen LogP contribution in [-0.4, -0.2) is 30.4 Å². The average Bonchev–Trinajstić information content (AvgIpc) is 3.55. The third kappa shape index (κ3) is 3.59. The van der Waals surface area contributed by atoms with E-state index in [9.17, 15) is 9.18 Å². The lowest BCUT2D eigenvalue weighted by atomic mass is 9.79. The Labute approximate surface area is 172 Å². The summed E-state index contributed by atoms with van der Waals surface area (Å²) in [5, 5.41) is 3.45. The van der Waals surface area contributed by atoms with Gasteiger partial charge in [0, 0.05) is 13.0 Å². The van der Waals surface area contributed by atoms with Crippen molar-refractivity contribution in [2.45, 2.75) is 44.6 Å². The number of nitrogens with zero attached hydrogens (tertiary/aromatic N) is 1. The van der Waals surface area contributed by atoms with Crippen LogP contribution in [0.2, 0.25) is 0 Å². The van der Waals surface area contributed by atoms with Crippen LogP contribution < -0.4 is 5.32 Å². The smallest absolute Gasteiger partial charge is 0.223 e. The fourth-order valence-corrected chi connectivity index (χ4v) is 5.57. The molecule has 0 bridgehead atoms. The first kappa shape index (κ1) is 18.8. The minimum Gasteiger partial charge on any atom is -0.331 e. The number of fused-ring (bicyclic) bond motifs is 1. The zero-order chi connectivity index (χ0) is 19.8. The highest BCUT2D eigenvalue weighted by Gasteiger charge is 2.51. The van der Waals surface area contributed by atoms with Gasteiger partial charge in [-0.1, -0.05) is 36.4 Å². The highest BCUT2D eigenvalue weighted by atomic mass is 19.1. The minimum atomic E-state index is -0.237. The molecule has 1 saturated heterocycles. The predicted octanol–water partition coefficient (Wildman–Crippen LogP) is 4.47. The van der Waals surface area contributed by atoms with Crippen molar-refractivity contribution < 1.29 is 9.18 Å². The molecule has 2 aromatic rings. The molecule has 2 fully saturated rings. The largest absolute Gasteiger partial charge is 0.331 e. The molecule has 3 nitrogen and oxygen atoms in total. The van der Waals surface area contributed by atoms with E-state index in [2.05, 4.69) is 28.4 Å². The molecule has 4 heteroatoms. The molecule has 0 unspecified atom stereocenters. The van der Waals surface area contributed by atoms with Gasteiger partial charge in [0.1, 0.15) is 5.82 Å². The van der Waals surface area contributed by atoms with Crippen LogP contribution in [-0.2, 0) is 11.2 Å². The molecule has 29 heavy (non-hydrogen) atoms. The molecule has 1 saturated carbocycles. The Morgan fingerprint density at radius 1 is 1.07 bits per heavy atom. The number of halogens is 1. The van der Waals surface area contributed by atoms with Gasteiger partial charge in [-0.05, 0) is 85.3 Å². The van der Waals surface area contributed by atoms with Gasteiger partial charge in [-0.3, -0.25) is 4.79 Å². The van der Waals surface area contributed by atoms with Gasteiger partial charge in [0.25, 0.3) is 0 Å². The fourth-order valence-electron chi connectivity index (χ4n) is 5.57. The quantitative estimate of drug-likeness (QED) is 0.833. The summed E-state index contributed by atoms with van der Waals surface area (Å²) >= 11 is 0. The maximum atomic E-state index is 13.6. The predicted molar refractivity (Wildman–Crippen MR) is 112 cm³/mol. The number of carbonyl (C=O) groups excluding carboxylic acids is 1. The second-order valence-electron chi connectivity index (χ2n) is 9.05. The molecular weight excluding hydrogens is 363 g/mol. The third-order valence-corrected chi connectivity index (χ3v) is 7.39. The minimum absolute atomic E-state index is 0.114. The SMILES string of the molecule is O=C(CC1(C2CCNCC2)CC1)N1CCc2ccccc2[C@@H]1c1ccc(F)cc1. The van der Waals surface area contributed by atoms with Crippen LogP contribution in [0.3, 0.4) is 0 Å². The van der Waals surface area contributed by atoms with Crippen molar-refractivity contribution in [1.82, 2.24) is 10.2 Å². The number of benzene rings is 2. The molecule has 2 aliphatic heterocycles. The van der Waals surface area contributed by atoms with Crippen LogP contribution in [0.5, 0.6) is 0 Å². The van der Waals surface area contributed by atoms with Gasteiger partial charge >= 0.3 is 0 Å². The Hall–Kier alpha value is -2.20. The topological polar surface area (TPSA) is 32.3 Å². The first-order valence-electron chi connectivity index (χ1n) is 11.0. The summed E-state index contributed by atoms with van der Waals surface area (Å²) in [7, 11) is 0. The zero-order valence-corrected chi connectivity index (χ0v) is 16.9. The summed E-state index contributed by atoms with van der Waals surface area (Å²) in [4.78, 5) is 15.7. The summed E-state index contributed by atoms with van der Waals surface area (Å²) in [6, 6.07) is 15.0. The lowest BCUT2D eigenvalue weighted by Gasteiger charge is -2.39. The highest BCUT2D eigenvalue weighted by molar-refractivity contribution is 5.79. The van der Waals surface area contributed by atoms with Crippen LogP contribution in [0, 0.1) is 17.2 Å². The van der Waals surface area contributed by atoms with E-state index in [0.29, 0.717) is 12.3 Å². The molecular formula is C25H29FN2O. The lowest BCUT2D eigenvalue weighted by molar-refractivity contribution is -0.135. The van der Waals surface area contributed by atoms with Crippen molar-refractivity contribution >= 4 is 5.91 Å². The van der Waals surface area contributed by atoms with E-state index in [4.69, 9.17) is 0 Å². The van der Waals surface area contributed by atoms with Crippen LogP contribution >= 0.6 is 0 Å². The Kier molecular flexibility index (Phi) is 4.91. The number of hydrogen-bond donors (Lipinski definition) is 1. The van der Waals surface area contributed by atoms with Gasteiger partial charge in [-0.25, -0.2) is 4.39 Å². The van der Waals surface area contributed by atoms with Gasteiger partial charge in [-0.2, -0.15) is 0 Å². The number of nitrogens with one attached hydrogen (secondary N) is 1. The Morgan fingerprint density at radius 3 is 2.52 bits per heavy atom. The zero-order valence-electron chi connectivity index (χ0n) is 16.9. The number of rotatable bonds is 4. The molecule has 2 aromatic carbocycles. The molecule has 0 spiro atoms. The van der Waals surface area contributed by atoms with Crippen molar-refractivity contribution in [2.75, 3.05) is 19.6 Å². The highest BCUT2D eigenvalue weighted by Crippen LogP contribution is 2.58. The summed E-state index contributed by atoms with van der Waals surface area (Å²) in [6.07, 6.45) is 6.32. The Bertz CT molecular complexity index is 884. The molecule has 2 heterocycles. The monoisotopic (exact) mass is 392 g/mol. The molecule has 3 aliphatic rings. The van der Waals surface area contributed by atoms with Crippen molar-refractivity contribution in [3.63, 3.8) is 0 Å². The average molecular weight is 393 g/mol. The van der Waals surface area contributed by atoms with Gasteiger partial charge in [0.2, 0.25) is 5.91 Å². The Morgan fingerprint density at radius 2 is 1.79 bits per heavy atom. The van der Waals surface area contributed by atoms with Crippen LogP contribution in [0.15, 0.2) is 48.5 Å². The van der Waals surface area contributed by atoms with E-state index in [1.807, 2.05) is 18.2 Å². The molecule has 0 aromatic heterocycles. The van der Waals surface area contributed by atoms with Crippen LogP contribution in [0.25, 0.3) is 0 Å². The molecule has 152 valence electrons. The number of hydrogen-bond acceptors (Lipinski definition) is 2. The number of carbonyl (C=O) groups is 1. The van der Waals surface area contributed by atoms with E-state index >= 15 is 0 Å². The molecule has 1 atom stereocenters. The molecule has 1 amide bonds. The van der Waals surface area contributed by atoms with Gasteiger partial charge < -0.3 is 10.2 Å². The van der Waals surface area contributed by atoms with Crippen LogP contribution in [0.4, 0.5) is 4.39 Å². The summed E-state index contributed by atoms with van der Waals surface area (Å²) < 4.78 is 13.6. The van der Waals surface area contributed by atoms with Gasteiger partial charge in [0.05, 0.1) is 6.04 Å². The molecule has 0 radical (unpaired) electrons. The van der Waals surface area contributed by atoms with Crippen LogP contribution in [0.1, 0.15) is 54.8 Å². The number of piperidine rings is 1. The molecule has 1 N–H and O–H groups in total. The first-order valence-corrected chi connectivity index (χ1v) is 11.0. The second-order valence-corrected chi connectivity index (χ2v) is 9.05. The summed E-state index contributed by atoms with van der Waals surface area (Å²) in [5.41, 5.74) is 3.71. The maximum absolute atomic E-state index is 13.6. The fraction of sp³-hybridized carbons (Fsp3) is 0.480. The number of amides is 1. The molecule has 1 aliphatic carbocycles. The summed E-state index contributed by atoms with van der Waals surface area (Å²) in [5.74, 6) is 0.706. The van der Waals surface area contributed by atoms with Crippen molar-refractivity contribution in [3.8, 4) is 0 Å². The van der Waals surface area contributed by atoms with E-state index in [0.717, 1.165) is 31.6 Å². The van der Waals surface area contributed by atoms with Crippen molar-refractivity contribution in [2.24, 2.45) is 11.3 Å².